The molecule has 4 nitrogen and oxygen atoms in total. The number of halogens is 1. The first-order valence-electron chi connectivity index (χ1n) is 6.23. The quantitative estimate of drug-likeness (QED) is 0.830. The molecular weight excluding hydrogens is 279 g/mol. The maximum Gasteiger partial charge on any atom is 0.240 e. The molecule has 0 spiro atoms. The van der Waals surface area contributed by atoms with Crippen LogP contribution < -0.4 is 4.72 Å². The maximum atomic E-state index is 12.7. The van der Waals surface area contributed by atoms with Gasteiger partial charge in [-0.25, -0.2) is 17.5 Å². The van der Waals surface area contributed by atoms with Crippen molar-refractivity contribution in [3.05, 3.63) is 60.2 Å². The van der Waals surface area contributed by atoms with Gasteiger partial charge in [0, 0.05) is 18.4 Å². The second-order valence-electron chi connectivity index (χ2n) is 4.28. The fraction of sp³-hybridized carbons (Fsp3) is 0.214. The second kappa shape index (κ2) is 6.58. The van der Waals surface area contributed by atoms with Crippen molar-refractivity contribution in [1.82, 2.24) is 9.71 Å². The zero-order valence-electron chi connectivity index (χ0n) is 10.8. The van der Waals surface area contributed by atoms with E-state index in [9.17, 15) is 12.8 Å². The molecule has 0 saturated heterocycles. The van der Waals surface area contributed by atoms with Gasteiger partial charge in [0.1, 0.15) is 5.82 Å². The van der Waals surface area contributed by atoms with E-state index >= 15 is 0 Å². The molecule has 20 heavy (non-hydrogen) atoms. The van der Waals surface area contributed by atoms with E-state index in [0.29, 0.717) is 19.4 Å². The van der Waals surface area contributed by atoms with Gasteiger partial charge >= 0.3 is 0 Å². The second-order valence-corrected chi connectivity index (χ2v) is 6.04. The molecule has 1 N–H and O–H groups in total. The van der Waals surface area contributed by atoms with E-state index < -0.39 is 15.8 Å². The van der Waals surface area contributed by atoms with Crippen molar-refractivity contribution in [3.63, 3.8) is 0 Å². The van der Waals surface area contributed by atoms with Gasteiger partial charge in [0.25, 0.3) is 0 Å². The van der Waals surface area contributed by atoms with Crippen molar-refractivity contribution >= 4 is 10.0 Å². The first-order chi connectivity index (χ1) is 9.58. The van der Waals surface area contributed by atoms with Crippen molar-refractivity contribution in [1.29, 1.82) is 0 Å². The Morgan fingerprint density at radius 2 is 1.85 bits per heavy atom. The molecule has 1 aromatic heterocycles. The van der Waals surface area contributed by atoms with E-state index in [1.807, 2.05) is 18.2 Å². The summed E-state index contributed by atoms with van der Waals surface area (Å²) in [6, 6.07) is 10.4. The summed E-state index contributed by atoms with van der Waals surface area (Å²) in [6.45, 7) is 0.316. The van der Waals surface area contributed by atoms with Crippen LogP contribution in [0.1, 0.15) is 12.1 Å². The number of nitrogens with one attached hydrogen (secondary N) is 1. The average Bonchev–Trinajstić information content (AvgIpc) is 2.45. The van der Waals surface area contributed by atoms with Crippen LogP contribution >= 0.6 is 0 Å². The SMILES string of the molecule is O=S(=O)(NCCCc1ccccn1)c1ccc(F)cc1. The molecule has 0 aliphatic carbocycles. The Bertz CT molecular complexity index is 643. The zero-order chi connectivity index (χ0) is 14.4. The van der Waals surface area contributed by atoms with Gasteiger partial charge in [-0.15, -0.1) is 0 Å². The molecule has 2 aromatic rings. The van der Waals surface area contributed by atoms with Gasteiger partial charge < -0.3 is 0 Å². The highest BCUT2D eigenvalue weighted by molar-refractivity contribution is 7.89. The van der Waals surface area contributed by atoms with Gasteiger partial charge in [0.15, 0.2) is 0 Å². The van der Waals surface area contributed by atoms with Crippen LogP contribution in [0.2, 0.25) is 0 Å². The zero-order valence-corrected chi connectivity index (χ0v) is 11.6. The van der Waals surface area contributed by atoms with Crippen molar-refractivity contribution < 1.29 is 12.8 Å². The van der Waals surface area contributed by atoms with Gasteiger partial charge in [-0.05, 0) is 49.2 Å². The Balaban J connectivity index is 1.85. The van der Waals surface area contributed by atoms with E-state index in [0.717, 1.165) is 17.8 Å². The fourth-order valence-corrected chi connectivity index (χ4v) is 2.79. The Hall–Kier alpha value is -1.79. The molecule has 0 unspecified atom stereocenters. The summed E-state index contributed by atoms with van der Waals surface area (Å²) in [5.41, 5.74) is 0.925. The Labute approximate surface area is 117 Å². The van der Waals surface area contributed by atoms with Crippen LogP contribution in [0, 0.1) is 5.82 Å². The van der Waals surface area contributed by atoms with Gasteiger partial charge in [-0.1, -0.05) is 6.07 Å². The molecule has 2 rings (SSSR count). The van der Waals surface area contributed by atoms with E-state index in [2.05, 4.69) is 9.71 Å². The largest absolute Gasteiger partial charge is 0.261 e. The van der Waals surface area contributed by atoms with Crippen molar-refractivity contribution in [2.75, 3.05) is 6.54 Å². The minimum atomic E-state index is -3.57. The van der Waals surface area contributed by atoms with Gasteiger partial charge in [-0.2, -0.15) is 0 Å². The highest BCUT2D eigenvalue weighted by Crippen LogP contribution is 2.09. The molecule has 0 atom stereocenters. The third-order valence-corrected chi connectivity index (χ3v) is 4.23. The van der Waals surface area contributed by atoms with Crippen LogP contribution in [0.15, 0.2) is 53.6 Å². The molecule has 0 fully saturated rings. The monoisotopic (exact) mass is 294 g/mol. The number of pyridine rings is 1. The van der Waals surface area contributed by atoms with Crippen LogP contribution in [-0.4, -0.2) is 19.9 Å². The molecule has 1 heterocycles. The Kier molecular flexibility index (Phi) is 4.81. The fourth-order valence-electron chi connectivity index (χ4n) is 1.72. The number of aryl methyl sites for hydroxylation is 1. The van der Waals surface area contributed by atoms with Crippen molar-refractivity contribution in [3.8, 4) is 0 Å². The lowest BCUT2D eigenvalue weighted by atomic mass is 10.2. The number of nitrogens with zero attached hydrogens (tertiary/aromatic N) is 1. The molecular formula is C14H15FN2O2S. The highest BCUT2D eigenvalue weighted by atomic mass is 32.2. The number of sulfonamides is 1. The third kappa shape index (κ3) is 4.11. The lowest BCUT2D eigenvalue weighted by Crippen LogP contribution is -2.25. The van der Waals surface area contributed by atoms with E-state index in [-0.39, 0.29) is 4.90 Å². The minimum absolute atomic E-state index is 0.0664. The molecule has 0 radical (unpaired) electrons. The number of aromatic nitrogens is 1. The number of rotatable bonds is 6. The molecule has 0 bridgehead atoms. The van der Waals surface area contributed by atoms with Crippen molar-refractivity contribution in [2.45, 2.75) is 17.7 Å². The van der Waals surface area contributed by atoms with E-state index in [1.54, 1.807) is 6.20 Å². The van der Waals surface area contributed by atoms with E-state index in [4.69, 9.17) is 0 Å². The smallest absolute Gasteiger partial charge is 0.240 e. The van der Waals surface area contributed by atoms with Crippen LogP contribution in [0.5, 0.6) is 0 Å². The van der Waals surface area contributed by atoms with Gasteiger partial charge in [0.05, 0.1) is 4.90 Å². The third-order valence-electron chi connectivity index (χ3n) is 2.75. The summed E-state index contributed by atoms with van der Waals surface area (Å²) < 4.78 is 39.0. The summed E-state index contributed by atoms with van der Waals surface area (Å²) >= 11 is 0. The van der Waals surface area contributed by atoms with Crippen molar-refractivity contribution in [2.24, 2.45) is 0 Å². The highest BCUT2D eigenvalue weighted by Gasteiger charge is 2.12. The average molecular weight is 294 g/mol. The van der Waals surface area contributed by atoms with E-state index in [1.165, 1.54) is 12.1 Å². The standard InChI is InChI=1S/C14H15FN2O2S/c15-12-6-8-14(9-7-12)20(18,19)17-11-3-5-13-4-1-2-10-16-13/h1-2,4,6-10,17H,3,5,11H2. The Morgan fingerprint density at radius 1 is 1.10 bits per heavy atom. The summed E-state index contributed by atoms with van der Waals surface area (Å²) in [5.74, 6) is -0.459. The molecule has 6 heteroatoms. The predicted molar refractivity (Wildman–Crippen MR) is 74.1 cm³/mol. The maximum absolute atomic E-state index is 12.7. The van der Waals surface area contributed by atoms with Crippen LogP contribution in [0.4, 0.5) is 4.39 Å². The van der Waals surface area contributed by atoms with Gasteiger partial charge in [0.2, 0.25) is 10.0 Å². The molecule has 106 valence electrons. The molecule has 0 saturated carbocycles. The first kappa shape index (κ1) is 14.6. The summed E-state index contributed by atoms with van der Waals surface area (Å²) in [6.07, 6.45) is 3.06. The lowest BCUT2D eigenvalue weighted by molar-refractivity contribution is 0.578. The first-order valence-corrected chi connectivity index (χ1v) is 7.71. The molecule has 0 aliphatic rings. The number of benzene rings is 1. The Morgan fingerprint density at radius 3 is 2.50 bits per heavy atom. The lowest BCUT2D eigenvalue weighted by Gasteiger charge is -2.06. The molecule has 1 aromatic carbocycles. The number of hydrogen-bond acceptors (Lipinski definition) is 3. The summed E-state index contributed by atoms with van der Waals surface area (Å²) in [7, 11) is -3.57. The summed E-state index contributed by atoms with van der Waals surface area (Å²) in [4.78, 5) is 4.23. The molecule has 0 aliphatic heterocycles. The normalized spacial score (nSPS) is 11.4. The summed E-state index contributed by atoms with van der Waals surface area (Å²) in [5, 5.41) is 0. The number of hydrogen-bond donors (Lipinski definition) is 1. The topological polar surface area (TPSA) is 59.1 Å². The predicted octanol–water partition coefficient (Wildman–Crippen LogP) is 2.13. The molecule has 0 amide bonds. The van der Waals surface area contributed by atoms with Crippen LogP contribution in [-0.2, 0) is 16.4 Å². The van der Waals surface area contributed by atoms with Gasteiger partial charge in [-0.3, -0.25) is 4.98 Å². The minimum Gasteiger partial charge on any atom is -0.261 e. The van der Waals surface area contributed by atoms with Crippen LogP contribution in [0.3, 0.4) is 0 Å². The van der Waals surface area contributed by atoms with Crippen LogP contribution in [0.25, 0.3) is 0 Å².